The Bertz CT molecular complexity index is 930. The molecule has 0 heterocycles. The van der Waals surface area contributed by atoms with Gasteiger partial charge in [0.2, 0.25) is 0 Å². The first-order chi connectivity index (χ1) is 12.5. The summed E-state index contributed by atoms with van der Waals surface area (Å²) in [5, 5.41) is 20.5. The molecule has 0 unspecified atom stereocenters. The van der Waals surface area contributed by atoms with Crippen LogP contribution in [0.4, 0.5) is 0 Å². The summed E-state index contributed by atoms with van der Waals surface area (Å²) in [6, 6.07) is 19.0. The van der Waals surface area contributed by atoms with Crippen LogP contribution in [-0.4, -0.2) is 22.1 Å². The maximum Gasteiger partial charge on any atom is 0.200 e. The van der Waals surface area contributed by atoms with Gasteiger partial charge in [-0.2, -0.15) is 0 Å². The summed E-state index contributed by atoms with van der Waals surface area (Å²) in [4.78, 5) is 12.7. The van der Waals surface area contributed by atoms with Gasteiger partial charge < -0.3 is 14.9 Å². The predicted molar refractivity (Wildman–Crippen MR) is 101 cm³/mol. The minimum absolute atomic E-state index is 0.0365. The third kappa shape index (κ3) is 3.70. The molecule has 0 aliphatic rings. The van der Waals surface area contributed by atoms with Gasteiger partial charge in [-0.3, -0.25) is 4.79 Å². The topological polar surface area (TPSA) is 66.8 Å². The maximum atomic E-state index is 12.7. The Balaban J connectivity index is 1.91. The van der Waals surface area contributed by atoms with Gasteiger partial charge in [0.05, 0.1) is 17.2 Å². The highest BCUT2D eigenvalue weighted by Gasteiger charge is 2.18. The summed E-state index contributed by atoms with van der Waals surface area (Å²) in [6.07, 6.45) is -0.0365. The average molecular weight is 348 g/mol. The van der Waals surface area contributed by atoms with Gasteiger partial charge in [-0.15, -0.1) is 0 Å². The molecule has 3 rings (SSSR count). The van der Waals surface area contributed by atoms with Crippen molar-refractivity contribution in [2.24, 2.45) is 0 Å². The van der Waals surface area contributed by atoms with Gasteiger partial charge in [0.15, 0.2) is 5.78 Å². The van der Waals surface area contributed by atoms with Crippen molar-refractivity contribution < 1.29 is 19.7 Å². The number of benzene rings is 3. The van der Waals surface area contributed by atoms with Gasteiger partial charge in [0.25, 0.3) is 0 Å². The summed E-state index contributed by atoms with van der Waals surface area (Å²) >= 11 is 0. The lowest BCUT2D eigenvalue weighted by Gasteiger charge is -2.12. The molecular formula is C22H20O4. The van der Waals surface area contributed by atoms with Crippen LogP contribution in [0.15, 0.2) is 66.7 Å². The molecule has 4 nitrogen and oxygen atoms in total. The summed E-state index contributed by atoms with van der Waals surface area (Å²) in [5.41, 5.74) is 2.01. The van der Waals surface area contributed by atoms with Crippen molar-refractivity contribution in [2.45, 2.75) is 20.0 Å². The molecule has 0 aliphatic heterocycles. The van der Waals surface area contributed by atoms with Crippen molar-refractivity contribution in [3.8, 4) is 28.4 Å². The second-order valence-corrected chi connectivity index (χ2v) is 6.27. The zero-order valence-electron chi connectivity index (χ0n) is 14.6. The molecule has 0 spiro atoms. The quantitative estimate of drug-likeness (QED) is 0.651. The van der Waals surface area contributed by atoms with Crippen LogP contribution in [0.5, 0.6) is 17.2 Å². The predicted octanol–water partition coefficient (Wildman–Crippen LogP) is 4.78. The Labute approximate surface area is 152 Å². The SMILES string of the molecule is CC(C)Oc1ccc(C(=O)c2ccc(-c3ccccc3)cc2O)c(O)c1. The monoisotopic (exact) mass is 348 g/mol. The van der Waals surface area contributed by atoms with E-state index < -0.39 is 5.78 Å². The molecule has 26 heavy (non-hydrogen) atoms. The largest absolute Gasteiger partial charge is 0.507 e. The summed E-state index contributed by atoms with van der Waals surface area (Å²) in [5.74, 6) is -0.272. The van der Waals surface area contributed by atoms with Crippen LogP contribution >= 0.6 is 0 Å². The molecule has 4 heteroatoms. The van der Waals surface area contributed by atoms with Crippen molar-refractivity contribution >= 4 is 5.78 Å². The zero-order chi connectivity index (χ0) is 18.7. The van der Waals surface area contributed by atoms with Crippen LogP contribution in [0, 0.1) is 0 Å². The molecular weight excluding hydrogens is 328 g/mol. The van der Waals surface area contributed by atoms with E-state index >= 15 is 0 Å². The van der Waals surface area contributed by atoms with E-state index in [4.69, 9.17) is 4.74 Å². The van der Waals surface area contributed by atoms with E-state index in [2.05, 4.69) is 0 Å². The highest BCUT2D eigenvalue weighted by atomic mass is 16.5. The molecule has 2 N–H and O–H groups in total. The molecule has 0 saturated heterocycles. The Morgan fingerprint density at radius 2 is 1.42 bits per heavy atom. The van der Waals surface area contributed by atoms with Crippen molar-refractivity contribution in [1.82, 2.24) is 0 Å². The molecule has 0 amide bonds. The lowest BCUT2D eigenvalue weighted by atomic mass is 9.98. The number of carbonyl (C=O) groups excluding carboxylic acids is 1. The van der Waals surface area contributed by atoms with E-state index in [-0.39, 0.29) is 28.7 Å². The smallest absolute Gasteiger partial charge is 0.200 e. The number of ketones is 1. The highest BCUT2D eigenvalue weighted by Crippen LogP contribution is 2.31. The lowest BCUT2D eigenvalue weighted by Crippen LogP contribution is -2.06. The number of hydrogen-bond acceptors (Lipinski definition) is 4. The fourth-order valence-corrected chi connectivity index (χ4v) is 2.73. The van der Waals surface area contributed by atoms with Gasteiger partial charge in [0, 0.05) is 6.07 Å². The summed E-state index contributed by atoms with van der Waals surface area (Å²) in [6.45, 7) is 3.75. The first-order valence-corrected chi connectivity index (χ1v) is 8.38. The van der Waals surface area contributed by atoms with Crippen LogP contribution in [0.1, 0.15) is 29.8 Å². The average Bonchev–Trinajstić information content (AvgIpc) is 2.61. The second kappa shape index (κ2) is 7.31. The number of ether oxygens (including phenoxy) is 1. The third-order valence-electron chi connectivity index (χ3n) is 3.94. The Morgan fingerprint density at radius 1 is 0.808 bits per heavy atom. The highest BCUT2D eigenvalue weighted by molar-refractivity contribution is 6.12. The first-order valence-electron chi connectivity index (χ1n) is 8.38. The van der Waals surface area contributed by atoms with Crippen molar-refractivity contribution in [3.05, 3.63) is 77.9 Å². The van der Waals surface area contributed by atoms with Crippen LogP contribution in [-0.2, 0) is 0 Å². The van der Waals surface area contributed by atoms with E-state index in [1.807, 2.05) is 44.2 Å². The van der Waals surface area contributed by atoms with Gasteiger partial charge >= 0.3 is 0 Å². The molecule has 0 saturated carbocycles. The molecule has 0 atom stereocenters. The van der Waals surface area contributed by atoms with Crippen LogP contribution < -0.4 is 4.74 Å². The molecule has 0 bridgehead atoms. The number of aromatic hydroxyl groups is 2. The van der Waals surface area contributed by atoms with E-state index in [1.165, 1.54) is 12.1 Å². The lowest BCUT2D eigenvalue weighted by molar-refractivity contribution is 0.103. The van der Waals surface area contributed by atoms with Crippen LogP contribution in [0.3, 0.4) is 0 Å². The Kier molecular flexibility index (Phi) is 4.94. The molecule has 0 fully saturated rings. The molecule has 3 aromatic carbocycles. The van der Waals surface area contributed by atoms with Crippen molar-refractivity contribution in [1.29, 1.82) is 0 Å². The van der Waals surface area contributed by atoms with Gasteiger partial charge in [-0.05, 0) is 49.2 Å². The van der Waals surface area contributed by atoms with E-state index in [1.54, 1.807) is 24.3 Å². The fourth-order valence-electron chi connectivity index (χ4n) is 2.73. The summed E-state index contributed by atoms with van der Waals surface area (Å²) < 4.78 is 5.50. The Morgan fingerprint density at radius 3 is 2.00 bits per heavy atom. The molecule has 132 valence electrons. The number of rotatable bonds is 5. The number of carbonyl (C=O) groups is 1. The van der Waals surface area contributed by atoms with Gasteiger partial charge in [-0.25, -0.2) is 0 Å². The number of phenolic OH excluding ortho intramolecular Hbond substituents is 2. The number of phenols is 2. The molecule has 0 aromatic heterocycles. The molecule has 3 aromatic rings. The third-order valence-corrected chi connectivity index (χ3v) is 3.94. The normalized spacial score (nSPS) is 10.7. The standard InChI is InChI=1S/C22H20O4/c1-14(2)26-17-9-11-19(21(24)13-17)22(25)18-10-8-16(12-20(18)23)15-6-4-3-5-7-15/h3-14,23-24H,1-2H3. The van der Waals surface area contributed by atoms with Crippen molar-refractivity contribution in [2.75, 3.05) is 0 Å². The van der Waals surface area contributed by atoms with E-state index in [0.29, 0.717) is 5.75 Å². The fraction of sp³-hybridized carbons (Fsp3) is 0.136. The van der Waals surface area contributed by atoms with Crippen LogP contribution in [0.25, 0.3) is 11.1 Å². The molecule has 0 radical (unpaired) electrons. The minimum Gasteiger partial charge on any atom is -0.507 e. The maximum absolute atomic E-state index is 12.7. The Hall–Kier alpha value is -3.27. The van der Waals surface area contributed by atoms with Gasteiger partial charge in [0.1, 0.15) is 17.2 Å². The number of hydrogen-bond donors (Lipinski definition) is 2. The molecule has 0 aliphatic carbocycles. The second-order valence-electron chi connectivity index (χ2n) is 6.27. The minimum atomic E-state index is -0.448. The van der Waals surface area contributed by atoms with E-state index in [0.717, 1.165) is 11.1 Å². The zero-order valence-corrected chi connectivity index (χ0v) is 14.6. The summed E-state index contributed by atoms with van der Waals surface area (Å²) in [7, 11) is 0. The van der Waals surface area contributed by atoms with Crippen molar-refractivity contribution in [3.63, 3.8) is 0 Å². The first kappa shape index (κ1) is 17.5. The van der Waals surface area contributed by atoms with Crippen LogP contribution in [0.2, 0.25) is 0 Å². The van der Waals surface area contributed by atoms with E-state index in [9.17, 15) is 15.0 Å². The van der Waals surface area contributed by atoms with Gasteiger partial charge in [-0.1, -0.05) is 36.4 Å².